The van der Waals surface area contributed by atoms with Crippen LogP contribution in [0.5, 0.6) is 0 Å². The van der Waals surface area contributed by atoms with Crippen molar-refractivity contribution in [2.75, 3.05) is 0 Å². The fourth-order valence-corrected chi connectivity index (χ4v) is 4.37. The van der Waals surface area contributed by atoms with Crippen molar-refractivity contribution in [2.45, 2.75) is 31.7 Å². The molecule has 0 aromatic carbocycles. The van der Waals surface area contributed by atoms with Gasteiger partial charge in [0.15, 0.2) is 8.32 Å². The van der Waals surface area contributed by atoms with E-state index in [0.717, 1.165) is 0 Å². The van der Waals surface area contributed by atoms with Gasteiger partial charge in [-0.2, -0.15) is 13.2 Å². The van der Waals surface area contributed by atoms with E-state index in [2.05, 4.69) is 6.58 Å². The van der Waals surface area contributed by atoms with Crippen molar-refractivity contribution in [3.8, 4) is 0 Å². The molecule has 0 radical (unpaired) electrons. The molecule has 0 unspecified atom stereocenters. The van der Waals surface area contributed by atoms with Crippen molar-refractivity contribution < 1.29 is 17.3 Å². The standard InChI is InChI=1S/C7H15F3OSi2/c1-4-13(2,3)11-12-6-5-7(8,9)10/h4H,1,5-6,12H2,2-3H3. The minimum absolute atomic E-state index is 0.174. The zero-order valence-electron chi connectivity index (χ0n) is 7.95. The summed E-state index contributed by atoms with van der Waals surface area (Å²) in [5, 5.41) is 0. The Hall–Kier alpha value is -0.0762. The third-order valence-corrected chi connectivity index (χ3v) is 6.99. The predicted molar refractivity (Wildman–Crippen MR) is 52.8 cm³/mol. The van der Waals surface area contributed by atoms with Crippen molar-refractivity contribution in [2.24, 2.45) is 0 Å². The first-order valence-corrected chi connectivity index (χ1v) is 8.67. The molecule has 0 rings (SSSR count). The van der Waals surface area contributed by atoms with Gasteiger partial charge in [0.1, 0.15) is 9.76 Å². The molecule has 0 aliphatic rings. The molecule has 6 heteroatoms. The highest BCUT2D eigenvalue weighted by Gasteiger charge is 2.26. The van der Waals surface area contributed by atoms with Gasteiger partial charge >= 0.3 is 6.18 Å². The van der Waals surface area contributed by atoms with Crippen LogP contribution < -0.4 is 0 Å². The van der Waals surface area contributed by atoms with Gasteiger partial charge in [-0.25, -0.2) is 0 Å². The summed E-state index contributed by atoms with van der Waals surface area (Å²) < 4.78 is 40.6. The second-order valence-corrected chi connectivity index (χ2v) is 9.26. The highest BCUT2D eigenvalue weighted by Crippen LogP contribution is 2.21. The average molecular weight is 228 g/mol. The summed E-state index contributed by atoms with van der Waals surface area (Å²) >= 11 is 0. The molecule has 0 aliphatic heterocycles. The van der Waals surface area contributed by atoms with E-state index in [1.54, 1.807) is 5.70 Å². The van der Waals surface area contributed by atoms with Gasteiger partial charge in [-0.3, -0.25) is 0 Å². The summed E-state index contributed by atoms with van der Waals surface area (Å²) in [7, 11) is -2.83. The number of hydrogen-bond acceptors (Lipinski definition) is 1. The van der Waals surface area contributed by atoms with Crippen molar-refractivity contribution >= 4 is 18.1 Å². The fraction of sp³-hybridized carbons (Fsp3) is 0.714. The lowest BCUT2D eigenvalue weighted by molar-refractivity contribution is -0.130. The lowest BCUT2D eigenvalue weighted by atomic mass is 10.5. The summed E-state index contributed by atoms with van der Waals surface area (Å²) in [6, 6.07) is 0.174. The molecular formula is C7H15F3OSi2. The second-order valence-electron chi connectivity index (χ2n) is 3.37. The Kier molecular flexibility index (Phi) is 4.94. The lowest BCUT2D eigenvalue weighted by Gasteiger charge is -2.18. The van der Waals surface area contributed by atoms with E-state index in [1.165, 1.54) is 0 Å². The number of rotatable bonds is 5. The fourth-order valence-electron chi connectivity index (χ4n) is 0.667. The highest BCUT2D eigenvalue weighted by atomic mass is 28.4. The third-order valence-electron chi connectivity index (χ3n) is 1.57. The minimum atomic E-state index is -4.03. The zero-order valence-corrected chi connectivity index (χ0v) is 10.4. The first-order valence-electron chi connectivity index (χ1n) is 4.11. The number of halogens is 3. The lowest BCUT2D eigenvalue weighted by Crippen LogP contribution is -2.29. The van der Waals surface area contributed by atoms with Crippen LogP contribution in [-0.2, 0) is 4.12 Å². The van der Waals surface area contributed by atoms with Gasteiger partial charge < -0.3 is 4.12 Å². The van der Waals surface area contributed by atoms with E-state index in [-0.39, 0.29) is 6.04 Å². The smallest absolute Gasteiger partial charge is 0.388 e. The quantitative estimate of drug-likeness (QED) is 0.518. The highest BCUT2D eigenvalue weighted by molar-refractivity contribution is 6.79. The Labute approximate surface area is 80.1 Å². The summed E-state index contributed by atoms with van der Waals surface area (Å²) in [4.78, 5) is 0. The molecular weight excluding hydrogens is 213 g/mol. The maximum atomic E-state index is 11.7. The van der Waals surface area contributed by atoms with E-state index in [9.17, 15) is 13.2 Å². The Morgan fingerprint density at radius 2 is 2.00 bits per heavy atom. The van der Waals surface area contributed by atoms with Crippen LogP contribution >= 0.6 is 0 Å². The molecule has 0 aliphatic carbocycles. The maximum absolute atomic E-state index is 11.7. The van der Waals surface area contributed by atoms with Crippen LogP contribution in [0.1, 0.15) is 6.42 Å². The molecule has 1 nitrogen and oxygen atoms in total. The normalized spacial score (nSPS) is 13.9. The molecule has 0 fully saturated rings. The molecule has 0 N–H and O–H groups in total. The molecule has 0 aromatic heterocycles. The number of hydrogen-bond donors (Lipinski definition) is 0. The molecule has 0 saturated heterocycles. The van der Waals surface area contributed by atoms with Gasteiger partial charge in [0.2, 0.25) is 0 Å². The van der Waals surface area contributed by atoms with Gasteiger partial charge in [0.25, 0.3) is 0 Å². The minimum Gasteiger partial charge on any atom is -0.458 e. The van der Waals surface area contributed by atoms with Gasteiger partial charge in [-0.05, 0) is 19.1 Å². The summed E-state index contributed by atoms with van der Waals surface area (Å²) in [5.41, 5.74) is 1.74. The molecule has 0 aromatic rings. The largest absolute Gasteiger partial charge is 0.458 e. The van der Waals surface area contributed by atoms with Crippen LogP contribution in [0.15, 0.2) is 12.3 Å². The van der Waals surface area contributed by atoms with Gasteiger partial charge in [-0.1, -0.05) is 5.70 Å². The Morgan fingerprint density at radius 3 is 2.38 bits per heavy atom. The van der Waals surface area contributed by atoms with E-state index in [1.807, 2.05) is 13.1 Å². The molecule has 0 atom stereocenters. The van der Waals surface area contributed by atoms with E-state index >= 15 is 0 Å². The summed E-state index contributed by atoms with van der Waals surface area (Å²) in [6.07, 6.45) is -4.74. The van der Waals surface area contributed by atoms with Crippen LogP contribution in [0.3, 0.4) is 0 Å². The average Bonchev–Trinajstić information content (AvgIpc) is 1.97. The van der Waals surface area contributed by atoms with Gasteiger partial charge in [-0.15, -0.1) is 6.58 Å². The van der Waals surface area contributed by atoms with Crippen LogP contribution in [0.4, 0.5) is 13.2 Å². The van der Waals surface area contributed by atoms with E-state index in [4.69, 9.17) is 4.12 Å². The Bertz CT molecular complexity index is 168. The first-order chi connectivity index (χ1) is 5.77. The number of alkyl halides is 3. The second kappa shape index (κ2) is 4.97. The zero-order chi connectivity index (χ0) is 10.5. The Morgan fingerprint density at radius 1 is 1.46 bits per heavy atom. The third kappa shape index (κ3) is 8.26. The SMILES string of the molecule is C=C[Si](C)(C)O[SiH2]CCC(F)(F)F. The van der Waals surface area contributed by atoms with Crippen LogP contribution in [-0.4, -0.2) is 24.3 Å². The molecule has 13 heavy (non-hydrogen) atoms. The summed E-state index contributed by atoms with van der Waals surface area (Å²) in [6.45, 7) is 7.46. The molecule has 0 bridgehead atoms. The van der Waals surface area contributed by atoms with Crippen LogP contribution in [0.25, 0.3) is 0 Å². The monoisotopic (exact) mass is 228 g/mol. The van der Waals surface area contributed by atoms with Gasteiger partial charge in [0, 0.05) is 6.42 Å². The van der Waals surface area contributed by atoms with Crippen LogP contribution in [0.2, 0.25) is 19.1 Å². The van der Waals surface area contributed by atoms with Gasteiger partial charge in [0.05, 0.1) is 0 Å². The molecule has 0 heterocycles. The van der Waals surface area contributed by atoms with Crippen molar-refractivity contribution in [1.82, 2.24) is 0 Å². The van der Waals surface area contributed by atoms with Crippen molar-refractivity contribution in [1.29, 1.82) is 0 Å². The molecule has 78 valence electrons. The van der Waals surface area contributed by atoms with Crippen molar-refractivity contribution in [3.63, 3.8) is 0 Å². The first kappa shape index (κ1) is 12.9. The molecule has 0 saturated carbocycles. The maximum Gasteiger partial charge on any atom is 0.388 e. The topological polar surface area (TPSA) is 9.23 Å². The molecule has 0 amide bonds. The Balaban J connectivity index is 3.52. The predicted octanol–water partition coefficient (Wildman–Crippen LogP) is 2.39. The summed E-state index contributed by atoms with van der Waals surface area (Å²) in [5.74, 6) is 0. The van der Waals surface area contributed by atoms with Crippen molar-refractivity contribution in [3.05, 3.63) is 12.3 Å². The van der Waals surface area contributed by atoms with E-state index < -0.39 is 30.7 Å². The molecule has 0 spiro atoms. The van der Waals surface area contributed by atoms with E-state index in [0.29, 0.717) is 0 Å². The van der Waals surface area contributed by atoms with Crippen LogP contribution in [0, 0.1) is 0 Å².